The molecule has 0 aromatic heterocycles. The normalized spacial score (nSPS) is 10.9. The van der Waals surface area contributed by atoms with Gasteiger partial charge in [0.1, 0.15) is 5.75 Å². The largest absolute Gasteiger partial charge is 0.493 e. The highest BCUT2D eigenvalue weighted by Crippen LogP contribution is 2.23. The molecule has 0 amide bonds. The minimum Gasteiger partial charge on any atom is -0.493 e. The summed E-state index contributed by atoms with van der Waals surface area (Å²) in [5.41, 5.74) is 6.49. The van der Waals surface area contributed by atoms with Crippen LogP contribution >= 0.6 is 0 Å². The fraction of sp³-hybridized carbons (Fsp3) is 0.667. The number of allylic oxidation sites excluding steroid dienone is 2. The summed E-state index contributed by atoms with van der Waals surface area (Å²) in [5, 5.41) is 0. The van der Waals surface area contributed by atoms with Crippen LogP contribution in [-0.2, 0) is 6.42 Å². The van der Waals surface area contributed by atoms with Crippen molar-refractivity contribution in [1.29, 1.82) is 0 Å². The first-order valence-corrected chi connectivity index (χ1v) is 10.7. The quantitative estimate of drug-likeness (QED) is 0.559. The highest BCUT2D eigenvalue weighted by atomic mass is 16.5. The van der Waals surface area contributed by atoms with Crippen molar-refractivity contribution in [3.63, 3.8) is 0 Å². The fourth-order valence-electron chi connectivity index (χ4n) is 1.83. The number of para-hydroxylation sites is 1. The Morgan fingerprint density at radius 2 is 1.65 bits per heavy atom. The van der Waals surface area contributed by atoms with Gasteiger partial charge in [0.05, 0.1) is 6.61 Å². The molecule has 0 fully saturated rings. The third-order valence-electron chi connectivity index (χ3n) is 3.07. The first-order chi connectivity index (χ1) is 12.7. The number of rotatable bonds is 4. The predicted molar refractivity (Wildman–Crippen MR) is 121 cm³/mol. The van der Waals surface area contributed by atoms with E-state index in [0.29, 0.717) is 0 Å². The monoisotopic (exact) mass is 365 g/mol. The Morgan fingerprint density at radius 3 is 2.04 bits per heavy atom. The SMILES string of the molecule is C/C=C\CCC.CC.CCC.CCCCN.c1ccc2c(c1)CCCO2. The summed E-state index contributed by atoms with van der Waals surface area (Å²) in [6.45, 7) is 16.3. The second-order valence-corrected chi connectivity index (χ2v) is 5.77. The molecule has 0 spiro atoms. The van der Waals surface area contributed by atoms with Gasteiger partial charge in [0, 0.05) is 0 Å². The van der Waals surface area contributed by atoms with Crippen LogP contribution in [0.3, 0.4) is 0 Å². The molecule has 0 bridgehead atoms. The predicted octanol–water partition coefficient (Wildman–Crippen LogP) is 7.56. The zero-order valence-corrected chi connectivity index (χ0v) is 18.8. The summed E-state index contributed by atoms with van der Waals surface area (Å²) >= 11 is 0. The molecule has 0 atom stereocenters. The van der Waals surface area contributed by atoms with Gasteiger partial charge in [-0.2, -0.15) is 0 Å². The Hall–Kier alpha value is -1.28. The molecule has 2 heteroatoms. The van der Waals surface area contributed by atoms with Crippen LogP contribution in [0.25, 0.3) is 0 Å². The maximum atomic E-state index is 5.42. The minimum absolute atomic E-state index is 0.844. The zero-order valence-electron chi connectivity index (χ0n) is 18.8. The Labute approximate surface area is 165 Å². The van der Waals surface area contributed by atoms with Crippen LogP contribution in [0.4, 0.5) is 0 Å². The van der Waals surface area contributed by atoms with Crippen molar-refractivity contribution < 1.29 is 4.74 Å². The van der Waals surface area contributed by atoms with E-state index in [0.717, 1.165) is 25.3 Å². The molecule has 1 aromatic carbocycles. The summed E-state index contributed by atoms with van der Waals surface area (Å²) in [5.74, 6) is 1.08. The number of nitrogens with two attached hydrogens (primary N) is 1. The molecule has 2 N–H and O–H groups in total. The van der Waals surface area contributed by atoms with E-state index in [1.54, 1.807) is 0 Å². The Bertz CT molecular complexity index is 347. The average molecular weight is 366 g/mol. The summed E-state index contributed by atoms with van der Waals surface area (Å²) in [6, 6.07) is 8.25. The van der Waals surface area contributed by atoms with Gasteiger partial charge in [-0.1, -0.05) is 91.2 Å². The standard InChI is InChI=1S/C9H10O.C6H12.C4H11N.C3H8.C2H6/c1-2-6-9-8(4-1)5-3-7-10-9;1-3-5-6-4-2;1-2-3-4-5;1-3-2;1-2/h1-2,4,6H,3,5,7H2;3,5H,4,6H2,1-2H3;2-5H2,1H3;3H2,1-2H3;1-2H3/b;5-3-;;;. The number of benzene rings is 1. The van der Waals surface area contributed by atoms with Gasteiger partial charge in [0.15, 0.2) is 0 Å². The van der Waals surface area contributed by atoms with E-state index >= 15 is 0 Å². The lowest BCUT2D eigenvalue weighted by Crippen LogP contribution is -2.07. The van der Waals surface area contributed by atoms with Crippen LogP contribution in [-0.4, -0.2) is 13.2 Å². The molecule has 154 valence electrons. The number of hydrogen-bond donors (Lipinski definition) is 1. The molecular formula is C24H47NO. The van der Waals surface area contributed by atoms with Crippen LogP contribution in [0.2, 0.25) is 0 Å². The van der Waals surface area contributed by atoms with Gasteiger partial charge in [0.2, 0.25) is 0 Å². The second kappa shape index (κ2) is 28.5. The van der Waals surface area contributed by atoms with E-state index in [1.807, 2.05) is 26.0 Å². The average Bonchev–Trinajstić information content (AvgIpc) is 2.70. The summed E-state index contributed by atoms with van der Waals surface area (Å²) in [7, 11) is 0. The van der Waals surface area contributed by atoms with Gasteiger partial charge in [-0.15, -0.1) is 0 Å². The zero-order chi connectivity index (χ0) is 20.5. The molecule has 1 aliphatic rings. The summed E-state index contributed by atoms with van der Waals surface area (Å²) in [6.07, 6.45) is 12.7. The van der Waals surface area contributed by atoms with Gasteiger partial charge in [0.25, 0.3) is 0 Å². The molecular weight excluding hydrogens is 318 g/mol. The van der Waals surface area contributed by atoms with Crippen molar-refractivity contribution in [3.8, 4) is 5.75 Å². The van der Waals surface area contributed by atoms with E-state index in [1.165, 1.54) is 44.1 Å². The van der Waals surface area contributed by atoms with Gasteiger partial charge >= 0.3 is 0 Å². The van der Waals surface area contributed by atoms with E-state index in [-0.39, 0.29) is 0 Å². The van der Waals surface area contributed by atoms with Gasteiger partial charge in [-0.3, -0.25) is 0 Å². The minimum atomic E-state index is 0.844. The topological polar surface area (TPSA) is 35.2 Å². The maximum absolute atomic E-state index is 5.42. The first-order valence-electron chi connectivity index (χ1n) is 10.7. The Kier molecular flexibility index (Phi) is 32.3. The number of ether oxygens (including phenoxy) is 1. The molecule has 1 aliphatic heterocycles. The highest BCUT2D eigenvalue weighted by molar-refractivity contribution is 5.34. The van der Waals surface area contributed by atoms with Crippen molar-refractivity contribution in [2.75, 3.05) is 13.2 Å². The lowest BCUT2D eigenvalue weighted by Gasteiger charge is -2.15. The van der Waals surface area contributed by atoms with Crippen molar-refractivity contribution in [3.05, 3.63) is 42.0 Å². The van der Waals surface area contributed by atoms with Crippen LogP contribution in [0.1, 0.15) is 92.6 Å². The molecule has 26 heavy (non-hydrogen) atoms. The second-order valence-electron chi connectivity index (χ2n) is 5.77. The van der Waals surface area contributed by atoms with Crippen molar-refractivity contribution in [1.82, 2.24) is 0 Å². The van der Waals surface area contributed by atoms with Gasteiger partial charge in [-0.05, 0) is 50.8 Å². The number of fused-ring (bicyclic) bond motifs is 1. The molecule has 2 rings (SSSR count). The molecule has 2 nitrogen and oxygen atoms in total. The van der Waals surface area contributed by atoms with Crippen molar-refractivity contribution >= 4 is 0 Å². The Morgan fingerprint density at radius 1 is 1.04 bits per heavy atom. The molecule has 1 aromatic rings. The molecule has 0 aliphatic carbocycles. The van der Waals surface area contributed by atoms with Crippen LogP contribution < -0.4 is 10.5 Å². The summed E-state index contributed by atoms with van der Waals surface area (Å²) < 4.78 is 5.42. The van der Waals surface area contributed by atoms with Crippen LogP contribution in [0, 0.1) is 0 Å². The van der Waals surface area contributed by atoms with E-state index in [9.17, 15) is 0 Å². The Balaban J connectivity index is -0.000000289. The molecule has 0 saturated heterocycles. The van der Waals surface area contributed by atoms with E-state index in [4.69, 9.17) is 10.5 Å². The van der Waals surface area contributed by atoms with Crippen LogP contribution in [0.15, 0.2) is 36.4 Å². The lowest BCUT2D eigenvalue weighted by atomic mass is 10.1. The van der Waals surface area contributed by atoms with E-state index in [2.05, 4.69) is 58.9 Å². The fourth-order valence-corrected chi connectivity index (χ4v) is 1.83. The van der Waals surface area contributed by atoms with Gasteiger partial charge in [-0.25, -0.2) is 0 Å². The lowest BCUT2D eigenvalue weighted by molar-refractivity contribution is 0.288. The molecule has 0 radical (unpaired) electrons. The third kappa shape index (κ3) is 22.7. The van der Waals surface area contributed by atoms with Crippen molar-refractivity contribution in [2.45, 2.75) is 93.4 Å². The summed E-state index contributed by atoms with van der Waals surface area (Å²) in [4.78, 5) is 0. The van der Waals surface area contributed by atoms with Gasteiger partial charge < -0.3 is 10.5 Å². The molecule has 1 heterocycles. The smallest absolute Gasteiger partial charge is 0.122 e. The number of hydrogen-bond acceptors (Lipinski definition) is 2. The third-order valence-corrected chi connectivity index (χ3v) is 3.07. The van der Waals surface area contributed by atoms with E-state index < -0.39 is 0 Å². The highest BCUT2D eigenvalue weighted by Gasteiger charge is 2.06. The molecule has 0 unspecified atom stereocenters. The van der Waals surface area contributed by atoms with Crippen LogP contribution in [0.5, 0.6) is 5.75 Å². The molecule has 0 saturated carbocycles. The first kappa shape index (κ1) is 29.5. The maximum Gasteiger partial charge on any atom is 0.122 e. The van der Waals surface area contributed by atoms with Crippen molar-refractivity contribution in [2.24, 2.45) is 5.73 Å². The number of aryl methyl sites for hydroxylation is 1. The number of unbranched alkanes of at least 4 members (excludes halogenated alkanes) is 2.